The summed E-state index contributed by atoms with van der Waals surface area (Å²) in [6, 6.07) is 1.88. The Labute approximate surface area is 138 Å². The number of aliphatic carboxylic acids is 1. The first-order valence-corrected chi connectivity index (χ1v) is 8.09. The van der Waals surface area contributed by atoms with Crippen LogP contribution in [0.4, 0.5) is 8.78 Å². The fourth-order valence-electron chi connectivity index (χ4n) is 3.85. The van der Waals surface area contributed by atoms with E-state index < -0.39 is 36.2 Å². The van der Waals surface area contributed by atoms with Crippen molar-refractivity contribution < 1.29 is 28.2 Å². The number of halogens is 2. The van der Waals surface area contributed by atoms with Crippen molar-refractivity contribution in [2.75, 3.05) is 6.61 Å². The quantitative estimate of drug-likeness (QED) is 0.916. The van der Waals surface area contributed by atoms with Crippen molar-refractivity contribution in [1.29, 1.82) is 0 Å². The molecule has 3 atom stereocenters. The van der Waals surface area contributed by atoms with Gasteiger partial charge in [0.15, 0.2) is 18.2 Å². The molecule has 1 aromatic rings. The second kappa shape index (κ2) is 6.75. The second-order valence-electron chi connectivity index (χ2n) is 6.37. The van der Waals surface area contributed by atoms with Gasteiger partial charge < -0.3 is 14.7 Å². The Morgan fingerprint density at radius 2 is 2.00 bits per heavy atom. The number of carbonyl (C=O) groups excluding carboxylic acids is 1. The van der Waals surface area contributed by atoms with E-state index >= 15 is 0 Å². The SMILES string of the molecule is O=C(O)C1CC2CCCCC2N1C(=O)COc1ccc(F)cc1F. The highest BCUT2D eigenvalue weighted by Crippen LogP contribution is 2.39. The summed E-state index contributed by atoms with van der Waals surface area (Å²) >= 11 is 0. The number of fused-ring (bicyclic) bond motifs is 1. The van der Waals surface area contributed by atoms with E-state index in [2.05, 4.69) is 0 Å². The van der Waals surface area contributed by atoms with Crippen molar-refractivity contribution >= 4 is 11.9 Å². The Bertz CT molecular complexity index is 651. The molecule has 5 nitrogen and oxygen atoms in total. The molecule has 1 amide bonds. The van der Waals surface area contributed by atoms with Gasteiger partial charge in [-0.15, -0.1) is 0 Å². The van der Waals surface area contributed by atoms with Crippen LogP contribution in [0, 0.1) is 17.6 Å². The average molecular weight is 339 g/mol. The molecule has 24 heavy (non-hydrogen) atoms. The standard InChI is InChI=1S/C17H19F2NO4/c18-11-5-6-15(12(19)8-11)24-9-16(21)20-13-4-2-1-3-10(13)7-14(20)17(22)23/h5-6,8,10,13-14H,1-4,7,9H2,(H,22,23). The molecule has 130 valence electrons. The third-order valence-electron chi connectivity index (χ3n) is 4.91. The number of benzene rings is 1. The lowest BCUT2D eigenvalue weighted by atomic mass is 9.85. The summed E-state index contributed by atoms with van der Waals surface area (Å²) in [5.41, 5.74) is 0. The third kappa shape index (κ3) is 3.20. The first kappa shape index (κ1) is 16.7. The van der Waals surface area contributed by atoms with Crippen molar-refractivity contribution in [3.8, 4) is 5.75 Å². The van der Waals surface area contributed by atoms with E-state index in [0.717, 1.165) is 37.8 Å². The molecule has 1 aliphatic carbocycles. The smallest absolute Gasteiger partial charge is 0.326 e. The molecule has 3 unspecified atom stereocenters. The lowest BCUT2D eigenvalue weighted by Gasteiger charge is -2.32. The first-order chi connectivity index (χ1) is 11.5. The molecule has 1 aliphatic heterocycles. The van der Waals surface area contributed by atoms with Crippen LogP contribution in [-0.4, -0.2) is 40.6 Å². The molecule has 0 radical (unpaired) electrons. The van der Waals surface area contributed by atoms with Crippen molar-refractivity contribution in [2.45, 2.75) is 44.2 Å². The number of carbonyl (C=O) groups is 2. The van der Waals surface area contributed by atoms with Gasteiger partial charge in [0.25, 0.3) is 5.91 Å². The average Bonchev–Trinajstić information content (AvgIpc) is 2.93. The third-order valence-corrected chi connectivity index (χ3v) is 4.91. The van der Waals surface area contributed by atoms with Gasteiger partial charge in [0.1, 0.15) is 11.9 Å². The largest absolute Gasteiger partial charge is 0.481 e. The van der Waals surface area contributed by atoms with Crippen LogP contribution in [0.3, 0.4) is 0 Å². The Kier molecular flexibility index (Phi) is 4.69. The minimum Gasteiger partial charge on any atom is -0.481 e. The second-order valence-corrected chi connectivity index (χ2v) is 6.37. The molecular formula is C17H19F2NO4. The van der Waals surface area contributed by atoms with Crippen LogP contribution in [0.5, 0.6) is 5.75 Å². The Morgan fingerprint density at radius 3 is 2.71 bits per heavy atom. The molecule has 1 N–H and O–H groups in total. The molecule has 1 saturated carbocycles. The van der Waals surface area contributed by atoms with Gasteiger partial charge in [-0.25, -0.2) is 13.6 Å². The normalized spacial score (nSPS) is 26.1. The van der Waals surface area contributed by atoms with E-state index in [1.807, 2.05) is 0 Å². The molecule has 7 heteroatoms. The lowest BCUT2D eigenvalue weighted by molar-refractivity contribution is -0.150. The molecule has 1 saturated heterocycles. The number of likely N-dealkylation sites (tertiary alicyclic amines) is 1. The van der Waals surface area contributed by atoms with Gasteiger partial charge >= 0.3 is 5.97 Å². The number of carboxylic acid groups (broad SMARTS) is 1. The summed E-state index contributed by atoms with van der Waals surface area (Å²) in [6.07, 6.45) is 4.17. The topological polar surface area (TPSA) is 66.8 Å². The van der Waals surface area contributed by atoms with E-state index in [0.29, 0.717) is 12.5 Å². The number of amides is 1. The lowest BCUT2D eigenvalue weighted by Crippen LogP contribution is -2.48. The van der Waals surface area contributed by atoms with Crippen LogP contribution < -0.4 is 4.74 Å². The molecule has 0 spiro atoms. The first-order valence-electron chi connectivity index (χ1n) is 8.09. The molecule has 0 aromatic heterocycles. The van der Waals surface area contributed by atoms with Gasteiger partial charge in [0.2, 0.25) is 0 Å². The number of carboxylic acids is 1. The minimum absolute atomic E-state index is 0.0889. The number of ether oxygens (including phenoxy) is 1. The Hall–Kier alpha value is -2.18. The van der Waals surface area contributed by atoms with E-state index in [9.17, 15) is 23.5 Å². The molecule has 0 bridgehead atoms. The van der Waals surface area contributed by atoms with Crippen LogP contribution in [-0.2, 0) is 9.59 Å². The van der Waals surface area contributed by atoms with Crippen LogP contribution in [0.25, 0.3) is 0 Å². The van der Waals surface area contributed by atoms with Crippen molar-refractivity contribution in [2.24, 2.45) is 5.92 Å². The zero-order valence-electron chi connectivity index (χ0n) is 13.1. The zero-order valence-corrected chi connectivity index (χ0v) is 13.1. The number of hydrogen-bond donors (Lipinski definition) is 1. The van der Waals surface area contributed by atoms with E-state index in [-0.39, 0.29) is 17.7 Å². The summed E-state index contributed by atoms with van der Waals surface area (Å²) in [5.74, 6) is -3.15. The van der Waals surface area contributed by atoms with Crippen molar-refractivity contribution in [1.82, 2.24) is 4.90 Å². The van der Waals surface area contributed by atoms with E-state index in [1.165, 1.54) is 4.90 Å². The van der Waals surface area contributed by atoms with Crippen molar-refractivity contribution in [3.05, 3.63) is 29.8 Å². The summed E-state index contributed by atoms with van der Waals surface area (Å²) in [7, 11) is 0. The van der Waals surface area contributed by atoms with Crippen LogP contribution in [0.1, 0.15) is 32.1 Å². The van der Waals surface area contributed by atoms with Crippen LogP contribution in [0.2, 0.25) is 0 Å². The zero-order chi connectivity index (χ0) is 17.3. The molecule has 1 aromatic carbocycles. The van der Waals surface area contributed by atoms with Crippen LogP contribution in [0.15, 0.2) is 18.2 Å². The highest BCUT2D eigenvalue weighted by Gasteiger charge is 2.47. The Balaban J connectivity index is 1.71. The van der Waals surface area contributed by atoms with Gasteiger partial charge in [-0.2, -0.15) is 0 Å². The maximum absolute atomic E-state index is 13.6. The molecule has 2 fully saturated rings. The molecule has 3 rings (SSSR count). The monoisotopic (exact) mass is 339 g/mol. The van der Waals surface area contributed by atoms with E-state index in [4.69, 9.17) is 4.74 Å². The highest BCUT2D eigenvalue weighted by molar-refractivity contribution is 5.85. The fourth-order valence-corrected chi connectivity index (χ4v) is 3.85. The van der Waals surface area contributed by atoms with Crippen LogP contribution >= 0.6 is 0 Å². The minimum atomic E-state index is -1.02. The maximum atomic E-state index is 13.6. The van der Waals surface area contributed by atoms with Gasteiger partial charge in [0, 0.05) is 12.1 Å². The summed E-state index contributed by atoms with van der Waals surface area (Å²) < 4.78 is 31.6. The number of rotatable bonds is 4. The van der Waals surface area contributed by atoms with Gasteiger partial charge in [-0.05, 0) is 37.3 Å². The number of nitrogens with zero attached hydrogens (tertiary/aromatic N) is 1. The van der Waals surface area contributed by atoms with Crippen molar-refractivity contribution in [3.63, 3.8) is 0 Å². The van der Waals surface area contributed by atoms with Gasteiger partial charge in [-0.3, -0.25) is 4.79 Å². The molecule has 2 aliphatic rings. The van der Waals surface area contributed by atoms with E-state index in [1.54, 1.807) is 0 Å². The molecule has 1 heterocycles. The Morgan fingerprint density at radius 1 is 1.25 bits per heavy atom. The predicted molar refractivity (Wildman–Crippen MR) is 80.5 cm³/mol. The fraction of sp³-hybridized carbons (Fsp3) is 0.529. The number of hydrogen-bond acceptors (Lipinski definition) is 3. The van der Waals surface area contributed by atoms with Gasteiger partial charge in [-0.1, -0.05) is 12.8 Å². The maximum Gasteiger partial charge on any atom is 0.326 e. The summed E-state index contributed by atoms with van der Waals surface area (Å²) in [5, 5.41) is 9.40. The predicted octanol–water partition coefficient (Wildman–Crippen LogP) is 2.59. The molecular weight excluding hydrogens is 320 g/mol. The highest BCUT2D eigenvalue weighted by atomic mass is 19.1. The summed E-state index contributed by atoms with van der Waals surface area (Å²) in [4.78, 5) is 25.4. The van der Waals surface area contributed by atoms with Gasteiger partial charge in [0.05, 0.1) is 0 Å². The summed E-state index contributed by atoms with van der Waals surface area (Å²) in [6.45, 7) is -0.463.